The summed E-state index contributed by atoms with van der Waals surface area (Å²) in [6.07, 6.45) is -3.95. The van der Waals surface area contributed by atoms with Gasteiger partial charge < -0.3 is 39.4 Å². The summed E-state index contributed by atoms with van der Waals surface area (Å²) in [7, 11) is 0. The minimum Gasteiger partial charge on any atom is -0.493 e. The second-order valence-electron chi connectivity index (χ2n) is 21.6. The lowest BCUT2D eigenvalue weighted by Gasteiger charge is -2.35. The molecular formula is C57H58F3N7O8S2. The topological polar surface area (TPSA) is 191 Å². The number of amides is 4. The fraction of sp³-hybridized carbons (Fsp3) is 0.386. The summed E-state index contributed by atoms with van der Waals surface area (Å²) in [5, 5.41) is 26.5. The van der Waals surface area contributed by atoms with E-state index in [9.17, 15) is 42.7 Å². The highest BCUT2D eigenvalue weighted by Gasteiger charge is 2.51. The number of hydrogen-bond donors (Lipinski definition) is 3. The van der Waals surface area contributed by atoms with E-state index in [1.807, 2.05) is 58.9 Å². The Morgan fingerprint density at radius 3 is 2.19 bits per heavy atom. The number of thiocarbonyl (C=S) groups is 1. The summed E-state index contributed by atoms with van der Waals surface area (Å²) < 4.78 is 59.6. The van der Waals surface area contributed by atoms with E-state index in [1.54, 1.807) is 90.2 Å². The monoisotopic (exact) mass is 1090 g/mol. The normalized spacial score (nSPS) is 20.2. The lowest BCUT2D eigenvalue weighted by Crippen LogP contribution is -2.57. The molecule has 1 aliphatic carbocycles. The van der Waals surface area contributed by atoms with Crippen LogP contribution < -0.4 is 29.9 Å². The van der Waals surface area contributed by atoms with E-state index in [-0.39, 0.29) is 47.4 Å². The van der Waals surface area contributed by atoms with Crippen molar-refractivity contribution in [1.82, 2.24) is 20.5 Å². The first-order chi connectivity index (χ1) is 36.4. The molecule has 4 aromatic carbocycles. The average Bonchev–Trinajstić information content (AvgIpc) is 4.19. The van der Waals surface area contributed by atoms with Gasteiger partial charge in [-0.2, -0.15) is 18.4 Å². The molecule has 4 unspecified atom stereocenters. The molecule has 77 heavy (non-hydrogen) atoms. The number of carbonyl (C=O) groups excluding carboxylic acids is 4. The number of rotatable bonds is 15. The molecule has 0 bridgehead atoms. The molecule has 0 radical (unpaired) electrons. The fourth-order valence-electron chi connectivity index (χ4n) is 10.2. The van der Waals surface area contributed by atoms with Gasteiger partial charge in [0, 0.05) is 30.1 Å². The van der Waals surface area contributed by atoms with E-state index in [1.165, 1.54) is 11.0 Å². The Hall–Kier alpha value is -7.34. The number of anilines is 2. The summed E-state index contributed by atoms with van der Waals surface area (Å²) in [6, 6.07) is 24.0. The Kier molecular flexibility index (Phi) is 15.0. The molecule has 2 aliphatic heterocycles. The van der Waals surface area contributed by atoms with Gasteiger partial charge >= 0.3 is 6.18 Å². The molecule has 4 amide bonds. The molecule has 2 aromatic heterocycles. The molecule has 3 N–H and O–H groups in total. The number of nitrogens with one attached hydrogen (secondary N) is 2. The number of aromatic nitrogens is 1. The van der Waals surface area contributed by atoms with Gasteiger partial charge in [0.25, 0.3) is 11.8 Å². The van der Waals surface area contributed by atoms with E-state index >= 15 is 0 Å². The molecule has 3 aliphatic rings. The number of halogens is 3. The van der Waals surface area contributed by atoms with Crippen molar-refractivity contribution in [2.75, 3.05) is 29.6 Å². The summed E-state index contributed by atoms with van der Waals surface area (Å²) in [5.74, 6) is -0.332. The van der Waals surface area contributed by atoms with Gasteiger partial charge in [-0.25, -0.2) is 4.98 Å². The summed E-state index contributed by atoms with van der Waals surface area (Å²) in [5.41, 5.74) is 1.80. The molecule has 9 rings (SSSR count). The van der Waals surface area contributed by atoms with Crippen LogP contribution in [-0.4, -0.2) is 87.2 Å². The molecule has 15 nitrogen and oxygen atoms in total. The van der Waals surface area contributed by atoms with Gasteiger partial charge in [-0.05, 0) is 142 Å². The molecule has 20 heteroatoms. The van der Waals surface area contributed by atoms with Gasteiger partial charge in [-0.1, -0.05) is 45.0 Å². The summed E-state index contributed by atoms with van der Waals surface area (Å²) in [4.78, 5) is 65.0. The standard InChI is InChI=1S/C57H58F3N7O8S2/c1-31(35-8-10-36(11-9-35)48-32(2)62-30-77-48)63-50(69)45-24-41(68)27-65(45)52(71)49(55(3,4)5)64-51(70)47-22-37-13-17-43(25-46(37)75-47)74-29-34-20-33(21-34)28-73-42-18-15-39(16-19-42)67-54(76)66(53(72)56(67,6)7)40-14-12-38(26-61)44(23-40)57(58,59)60/h8-19,22-23,25,30-31,33-34,41,45,49,68H,20-21,24,27-29H2,1-7H3,(H,63,69)(H,64,70). The zero-order valence-corrected chi connectivity index (χ0v) is 45.1. The number of thiazole rings is 1. The third-order valence-corrected chi connectivity index (χ3v) is 15.8. The van der Waals surface area contributed by atoms with Crippen LogP contribution in [0.15, 0.2) is 101 Å². The van der Waals surface area contributed by atoms with Gasteiger partial charge in [0.05, 0.1) is 64.3 Å². The Labute approximate surface area is 452 Å². The van der Waals surface area contributed by atoms with E-state index in [0.29, 0.717) is 41.4 Å². The Morgan fingerprint density at radius 2 is 1.57 bits per heavy atom. The Balaban J connectivity index is 0.752. The number of benzene rings is 4. The number of furan rings is 1. The van der Waals surface area contributed by atoms with Crippen molar-refractivity contribution in [3.8, 4) is 28.0 Å². The maximum absolute atomic E-state index is 14.3. The summed E-state index contributed by atoms with van der Waals surface area (Å²) >= 11 is 7.22. The average molecular weight is 1090 g/mol. The first-order valence-corrected chi connectivity index (χ1v) is 26.5. The van der Waals surface area contributed by atoms with Crippen LogP contribution in [0.1, 0.15) is 99.8 Å². The van der Waals surface area contributed by atoms with Crippen molar-refractivity contribution in [3.05, 3.63) is 125 Å². The number of aliphatic hydroxyl groups is 1. The summed E-state index contributed by atoms with van der Waals surface area (Å²) in [6.45, 7) is 13.4. The minimum absolute atomic E-state index is 0.00252. The van der Waals surface area contributed by atoms with Crippen molar-refractivity contribution in [2.24, 2.45) is 17.3 Å². The van der Waals surface area contributed by atoms with Gasteiger partial charge in [0.2, 0.25) is 11.8 Å². The van der Waals surface area contributed by atoms with Crippen LogP contribution in [0.4, 0.5) is 24.5 Å². The van der Waals surface area contributed by atoms with Crippen molar-refractivity contribution < 1.29 is 51.3 Å². The fourth-order valence-corrected chi connectivity index (χ4v) is 11.5. The molecular weight excluding hydrogens is 1030 g/mol. The first kappa shape index (κ1) is 54.4. The number of ether oxygens (including phenoxy) is 2. The maximum Gasteiger partial charge on any atom is 0.417 e. The highest BCUT2D eigenvalue weighted by atomic mass is 32.1. The smallest absolute Gasteiger partial charge is 0.417 e. The molecule has 0 spiro atoms. The lowest BCUT2D eigenvalue weighted by atomic mass is 9.76. The maximum atomic E-state index is 14.3. The number of hydrogen-bond acceptors (Lipinski definition) is 12. The van der Waals surface area contributed by atoms with E-state index < -0.39 is 70.1 Å². The molecule has 3 fully saturated rings. The van der Waals surface area contributed by atoms with Crippen molar-refractivity contribution in [3.63, 3.8) is 0 Å². The van der Waals surface area contributed by atoms with Crippen LogP contribution in [-0.2, 0) is 20.6 Å². The van der Waals surface area contributed by atoms with Crippen molar-refractivity contribution in [1.29, 1.82) is 5.26 Å². The van der Waals surface area contributed by atoms with Gasteiger partial charge in [-0.15, -0.1) is 11.3 Å². The first-order valence-electron chi connectivity index (χ1n) is 25.2. The Bertz CT molecular complexity index is 3290. The molecule has 4 heterocycles. The zero-order valence-electron chi connectivity index (χ0n) is 43.4. The van der Waals surface area contributed by atoms with E-state index in [0.717, 1.165) is 51.6 Å². The number of nitriles is 1. The second-order valence-corrected chi connectivity index (χ2v) is 22.8. The quantitative estimate of drug-likeness (QED) is 0.0827. The number of alkyl halides is 3. The lowest BCUT2D eigenvalue weighted by molar-refractivity contribution is -0.142. The molecule has 402 valence electrons. The number of fused-ring (bicyclic) bond motifs is 1. The minimum atomic E-state index is -4.81. The van der Waals surface area contributed by atoms with Crippen LogP contribution in [0.25, 0.3) is 21.4 Å². The van der Waals surface area contributed by atoms with Gasteiger partial charge in [0.15, 0.2) is 10.9 Å². The number of aryl methyl sites for hydroxylation is 1. The van der Waals surface area contributed by atoms with Crippen LogP contribution in [0.2, 0.25) is 0 Å². The van der Waals surface area contributed by atoms with Gasteiger partial charge in [-0.3, -0.25) is 24.1 Å². The highest BCUT2D eigenvalue weighted by Crippen LogP contribution is 2.41. The predicted octanol–water partition coefficient (Wildman–Crippen LogP) is 10.1. The third kappa shape index (κ3) is 11.3. The van der Waals surface area contributed by atoms with Crippen LogP contribution in [0.3, 0.4) is 0 Å². The highest BCUT2D eigenvalue weighted by molar-refractivity contribution is 7.81. The number of likely N-dealkylation sites (tertiary alicyclic amines) is 1. The number of carbonyl (C=O) groups is 4. The molecule has 1 saturated carbocycles. The number of β-amino-alcohol motifs (C(OH)–C–C–N with tert-alkyl or cyclic N) is 1. The second kappa shape index (κ2) is 21.2. The van der Waals surface area contributed by atoms with Crippen LogP contribution in [0, 0.1) is 35.5 Å². The van der Waals surface area contributed by atoms with Crippen LogP contribution in [0.5, 0.6) is 11.5 Å². The van der Waals surface area contributed by atoms with E-state index in [4.69, 9.17) is 26.1 Å². The molecule has 2 saturated heterocycles. The predicted molar refractivity (Wildman–Crippen MR) is 288 cm³/mol. The number of aliphatic hydroxyl groups excluding tert-OH is 1. The van der Waals surface area contributed by atoms with Crippen LogP contribution >= 0.6 is 23.6 Å². The van der Waals surface area contributed by atoms with Gasteiger partial charge in [0.1, 0.15) is 34.7 Å². The van der Waals surface area contributed by atoms with E-state index in [2.05, 4.69) is 15.6 Å². The van der Waals surface area contributed by atoms with Crippen molar-refractivity contribution in [2.45, 2.75) is 104 Å². The zero-order chi connectivity index (χ0) is 55.3. The third-order valence-electron chi connectivity index (χ3n) is 14.5. The molecule has 4 atom stereocenters. The Morgan fingerprint density at radius 1 is 0.922 bits per heavy atom. The molecule has 6 aromatic rings. The SMILES string of the molecule is Cc1ncsc1-c1ccc(C(C)NC(=O)C2CC(O)CN2C(=O)C(NC(=O)c2cc3ccc(OCC4CC(COc5ccc(N6C(=S)N(c7ccc(C#N)c(C(F)(F)F)c7)C(=O)C6(C)C)cc5)C4)cc3o2)C(C)(C)C)cc1. The largest absolute Gasteiger partial charge is 0.493 e. The number of nitrogens with zero attached hydrogens (tertiary/aromatic N) is 5. The van der Waals surface area contributed by atoms with Crippen molar-refractivity contribution >= 4 is 74.6 Å².